The third-order valence-corrected chi connectivity index (χ3v) is 4.53. The number of hydrogen-bond acceptors (Lipinski definition) is 7. The first kappa shape index (κ1) is 24.0. The molecule has 0 aliphatic heterocycles. The molecule has 0 spiro atoms. The number of halogens is 1. The molecule has 1 amide bonds. The van der Waals surface area contributed by atoms with Gasteiger partial charge in [-0.15, -0.1) is 0 Å². The predicted octanol–water partition coefficient (Wildman–Crippen LogP) is 3.98. The number of pyridine rings is 1. The number of ether oxygens (including phenoxy) is 2. The number of aryl methyl sites for hydroxylation is 1. The molecule has 0 aliphatic carbocycles. The van der Waals surface area contributed by atoms with Gasteiger partial charge in [0, 0.05) is 31.7 Å². The van der Waals surface area contributed by atoms with Gasteiger partial charge in [0.05, 0.1) is 0 Å². The largest absolute Gasteiger partial charge is 0.448 e. The van der Waals surface area contributed by atoms with Crippen molar-refractivity contribution in [1.82, 2.24) is 19.9 Å². The first-order chi connectivity index (χ1) is 15.6. The van der Waals surface area contributed by atoms with Gasteiger partial charge >= 0.3 is 6.09 Å². The van der Waals surface area contributed by atoms with Gasteiger partial charge in [-0.1, -0.05) is 12.1 Å². The lowest BCUT2D eigenvalue weighted by molar-refractivity contribution is 0.0527. The standard InChI is InChI=1S/C23H28FN5O4/c1-23(2,3)33-22(31)26-12-8-7-11-25-21-27-14-15-13-18(20(30)29(4)19(15)28-21)32-17-10-6-5-9-16(17)24/h5-6,9-10,13-14H,7-8,11-12H2,1-4H3,(H,26,31)(H,25,27,28). The Hall–Kier alpha value is -3.69. The number of anilines is 1. The van der Waals surface area contributed by atoms with Crippen molar-refractivity contribution < 1.29 is 18.7 Å². The van der Waals surface area contributed by atoms with Gasteiger partial charge in [0.15, 0.2) is 17.3 Å². The van der Waals surface area contributed by atoms with Crippen LogP contribution >= 0.6 is 0 Å². The molecule has 0 saturated heterocycles. The molecule has 2 heterocycles. The maximum absolute atomic E-state index is 13.9. The van der Waals surface area contributed by atoms with Crippen LogP contribution in [0.15, 0.2) is 41.3 Å². The van der Waals surface area contributed by atoms with E-state index in [1.165, 1.54) is 22.8 Å². The number of para-hydroxylation sites is 1. The lowest BCUT2D eigenvalue weighted by Crippen LogP contribution is -2.33. The number of carbonyl (C=O) groups excluding carboxylic acids is 1. The summed E-state index contributed by atoms with van der Waals surface area (Å²) in [6.07, 6.45) is 2.65. The van der Waals surface area contributed by atoms with E-state index in [0.29, 0.717) is 30.1 Å². The molecule has 2 N–H and O–H groups in total. The fourth-order valence-corrected chi connectivity index (χ4v) is 2.98. The average molecular weight is 458 g/mol. The zero-order chi connectivity index (χ0) is 24.0. The normalized spacial score (nSPS) is 11.3. The van der Waals surface area contributed by atoms with Gasteiger partial charge in [-0.05, 0) is 51.8 Å². The molecule has 0 atom stereocenters. The van der Waals surface area contributed by atoms with E-state index in [1.807, 2.05) is 20.8 Å². The van der Waals surface area contributed by atoms with Crippen LogP contribution in [0.1, 0.15) is 33.6 Å². The number of hydrogen-bond donors (Lipinski definition) is 2. The Morgan fingerprint density at radius 3 is 2.61 bits per heavy atom. The minimum absolute atomic E-state index is 0.0168. The quantitative estimate of drug-likeness (QED) is 0.493. The molecule has 0 saturated carbocycles. The number of benzene rings is 1. The Morgan fingerprint density at radius 1 is 1.15 bits per heavy atom. The molecule has 0 aliphatic rings. The minimum atomic E-state index is -0.559. The molecule has 0 bridgehead atoms. The van der Waals surface area contributed by atoms with Crippen LogP contribution in [0.5, 0.6) is 11.5 Å². The molecular formula is C23H28FN5O4. The maximum atomic E-state index is 13.9. The zero-order valence-corrected chi connectivity index (χ0v) is 19.1. The van der Waals surface area contributed by atoms with Gasteiger partial charge in [0.1, 0.15) is 11.2 Å². The van der Waals surface area contributed by atoms with Crippen molar-refractivity contribution in [2.24, 2.45) is 7.05 Å². The first-order valence-electron chi connectivity index (χ1n) is 10.6. The highest BCUT2D eigenvalue weighted by Crippen LogP contribution is 2.24. The van der Waals surface area contributed by atoms with E-state index in [4.69, 9.17) is 9.47 Å². The van der Waals surface area contributed by atoms with E-state index >= 15 is 0 Å². The predicted molar refractivity (Wildman–Crippen MR) is 123 cm³/mol. The van der Waals surface area contributed by atoms with Crippen molar-refractivity contribution in [3.8, 4) is 11.5 Å². The van der Waals surface area contributed by atoms with Gasteiger partial charge in [-0.3, -0.25) is 9.36 Å². The molecule has 2 aromatic heterocycles. The third kappa shape index (κ3) is 6.64. The van der Waals surface area contributed by atoms with Crippen molar-refractivity contribution in [2.75, 3.05) is 18.4 Å². The van der Waals surface area contributed by atoms with Crippen LogP contribution in [0.25, 0.3) is 11.0 Å². The summed E-state index contributed by atoms with van der Waals surface area (Å²) in [6.45, 7) is 6.52. The van der Waals surface area contributed by atoms with Crippen molar-refractivity contribution >= 4 is 23.1 Å². The highest BCUT2D eigenvalue weighted by Gasteiger charge is 2.15. The van der Waals surface area contributed by atoms with Crippen LogP contribution in [-0.2, 0) is 11.8 Å². The third-order valence-electron chi connectivity index (χ3n) is 4.53. The Bertz CT molecular complexity index is 1190. The van der Waals surface area contributed by atoms with E-state index < -0.39 is 23.1 Å². The molecule has 176 valence electrons. The van der Waals surface area contributed by atoms with Gasteiger partial charge in [0.2, 0.25) is 5.95 Å². The number of fused-ring (bicyclic) bond motifs is 1. The highest BCUT2D eigenvalue weighted by atomic mass is 19.1. The number of alkyl carbamates (subject to hydrolysis) is 1. The highest BCUT2D eigenvalue weighted by molar-refractivity contribution is 5.76. The molecule has 33 heavy (non-hydrogen) atoms. The van der Waals surface area contributed by atoms with Crippen LogP contribution in [0.4, 0.5) is 15.1 Å². The van der Waals surface area contributed by atoms with E-state index in [9.17, 15) is 14.0 Å². The Balaban J connectivity index is 1.58. The monoisotopic (exact) mass is 457 g/mol. The number of nitrogens with zero attached hydrogens (tertiary/aromatic N) is 3. The summed E-state index contributed by atoms with van der Waals surface area (Å²) in [5, 5.41) is 6.40. The molecule has 0 fully saturated rings. The van der Waals surface area contributed by atoms with Crippen LogP contribution in [0.3, 0.4) is 0 Å². The fourth-order valence-electron chi connectivity index (χ4n) is 2.98. The molecule has 9 nitrogen and oxygen atoms in total. The van der Waals surface area contributed by atoms with Crippen molar-refractivity contribution in [3.05, 3.63) is 52.7 Å². The summed E-state index contributed by atoms with van der Waals surface area (Å²) >= 11 is 0. The molecule has 3 rings (SSSR count). The van der Waals surface area contributed by atoms with Crippen molar-refractivity contribution in [3.63, 3.8) is 0 Å². The molecule has 3 aromatic rings. The number of carbonyl (C=O) groups is 1. The molecule has 10 heteroatoms. The van der Waals surface area contributed by atoms with E-state index in [1.54, 1.807) is 25.4 Å². The first-order valence-corrected chi connectivity index (χ1v) is 10.6. The Morgan fingerprint density at radius 2 is 1.88 bits per heavy atom. The van der Waals surface area contributed by atoms with Gasteiger partial charge < -0.3 is 20.1 Å². The molecule has 0 unspecified atom stereocenters. The number of rotatable bonds is 8. The summed E-state index contributed by atoms with van der Waals surface area (Å²) in [4.78, 5) is 33.0. The van der Waals surface area contributed by atoms with E-state index in [-0.39, 0.29) is 11.5 Å². The zero-order valence-electron chi connectivity index (χ0n) is 19.1. The second kappa shape index (κ2) is 10.3. The summed E-state index contributed by atoms with van der Waals surface area (Å²) in [5.41, 5.74) is -0.544. The van der Waals surface area contributed by atoms with Crippen molar-refractivity contribution in [2.45, 2.75) is 39.2 Å². The number of unbranched alkanes of at least 4 members (excludes halogenated alkanes) is 1. The maximum Gasteiger partial charge on any atom is 0.407 e. The van der Waals surface area contributed by atoms with Crippen LogP contribution < -0.4 is 20.9 Å². The summed E-state index contributed by atoms with van der Waals surface area (Å²) < 4.78 is 25.9. The minimum Gasteiger partial charge on any atom is -0.448 e. The van der Waals surface area contributed by atoms with Crippen LogP contribution in [0.2, 0.25) is 0 Å². The summed E-state index contributed by atoms with van der Waals surface area (Å²) in [6, 6.07) is 7.37. The second-order valence-electron chi connectivity index (χ2n) is 8.44. The van der Waals surface area contributed by atoms with Crippen molar-refractivity contribution in [1.29, 1.82) is 0 Å². The summed E-state index contributed by atoms with van der Waals surface area (Å²) in [5.74, 6) is -0.233. The number of nitrogens with one attached hydrogen (secondary N) is 2. The second-order valence-corrected chi connectivity index (χ2v) is 8.44. The SMILES string of the molecule is Cn1c(=O)c(Oc2ccccc2F)cc2cnc(NCCCCNC(=O)OC(C)(C)C)nc21. The average Bonchev–Trinajstić information content (AvgIpc) is 2.75. The lowest BCUT2D eigenvalue weighted by atomic mass is 10.2. The van der Waals surface area contributed by atoms with Gasteiger partial charge in [-0.2, -0.15) is 4.98 Å². The number of aromatic nitrogens is 3. The molecule has 0 radical (unpaired) electrons. The fraction of sp³-hybridized carbons (Fsp3) is 0.391. The smallest absolute Gasteiger partial charge is 0.407 e. The number of amides is 1. The Labute approximate surface area is 191 Å². The van der Waals surface area contributed by atoms with Gasteiger partial charge in [0.25, 0.3) is 5.56 Å². The van der Waals surface area contributed by atoms with E-state index in [2.05, 4.69) is 20.6 Å². The van der Waals surface area contributed by atoms with E-state index in [0.717, 1.165) is 12.8 Å². The lowest BCUT2D eigenvalue weighted by Gasteiger charge is -2.19. The van der Waals surface area contributed by atoms with Crippen LogP contribution in [0, 0.1) is 5.82 Å². The topological polar surface area (TPSA) is 107 Å². The Kier molecular flexibility index (Phi) is 7.47. The molecule has 1 aromatic carbocycles. The van der Waals surface area contributed by atoms with Crippen LogP contribution in [-0.4, -0.2) is 39.3 Å². The van der Waals surface area contributed by atoms with Gasteiger partial charge in [-0.25, -0.2) is 14.2 Å². The molecular weight excluding hydrogens is 429 g/mol. The summed E-state index contributed by atoms with van der Waals surface area (Å²) in [7, 11) is 1.57.